The molecule has 2 heterocycles. The molecule has 0 saturated carbocycles. The van der Waals surface area contributed by atoms with Gasteiger partial charge in [-0.15, -0.1) is 0 Å². The summed E-state index contributed by atoms with van der Waals surface area (Å²) in [5, 5.41) is 3.36. The van der Waals surface area contributed by atoms with Gasteiger partial charge in [0.25, 0.3) is 11.8 Å². The molecule has 0 fully saturated rings. The van der Waals surface area contributed by atoms with E-state index in [1.165, 1.54) is 4.90 Å². The zero-order valence-corrected chi connectivity index (χ0v) is 17.4. The maximum absolute atomic E-state index is 13.0. The van der Waals surface area contributed by atoms with Gasteiger partial charge < -0.3 is 10.3 Å². The van der Waals surface area contributed by atoms with Crippen LogP contribution >= 0.6 is 0 Å². The van der Waals surface area contributed by atoms with Crippen LogP contribution in [0.5, 0.6) is 0 Å². The molecule has 1 aromatic heterocycles. The summed E-state index contributed by atoms with van der Waals surface area (Å²) in [5.74, 6) is 0.813. The lowest BCUT2D eigenvalue weighted by Crippen LogP contribution is -2.43. The fourth-order valence-electron chi connectivity index (χ4n) is 4.40. The summed E-state index contributed by atoms with van der Waals surface area (Å²) in [4.78, 5) is 34.8. The van der Waals surface area contributed by atoms with Gasteiger partial charge in [-0.1, -0.05) is 25.1 Å². The third kappa shape index (κ3) is 3.44. The Labute approximate surface area is 181 Å². The van der Waals surface area contributed by atoms with Gasteiger partial charge in [-0.2, -0.15) is 0 Å². The summed E-state index contributed by atoms with van der Waals surface area (Å²) in [7, 11) is 0. The van der Waals surface area contributed by atoms with Gasteiger partial charge in [0.15, 0.2) is 0 Å². The van der Waals surface area contributed by atoms with Crippen molar-refractivity contribution in [2.45, 2.75) is 25.7 Å². The number of aromatic amines is 1. The fraction of sp³-hybridized carbons (Fsp3) is 0.240. The van der Waals surface area contributed by atoms with E-state index in [0.29, 0.717) is 36.6 Å². The quantitative estimate of drug-likeness (QED) is 0.463. The number of allylic oxidation sites excluding steroid dienone is 1. The summed E-state index contributed by atoms with van der Waals surface area (Å²) >= 11 is 0. The van der Waals surface area contributed by atoms with Crippen LogP contribution in [0, 0.1) is 0 Å². The van der Waals surface area contributed by atoms with E-state index in [0.717, 1.165) is 34.6 Å². The highest BCUT2D eigenvalue weighted by molar-refractivity contribution is 6.31. The molecular weight excluding hydrogens is 388 g/mol. The fourth-order valence-corrected chi connectivity index (χ4v) is 4.40. The first-order valence-electron chi connectivity index (χ1n) is 10.7. The molecule has 6 heteroatoms. The molecule has 3 aromatic rings. The van der Waals surface area contributed by atoms with Crippen LogP contribution < -0.4 is 5.32 Å². The minimum Gasteiger partial charge on any atom is -0.385 e. The molecule has 156 valence electrons. The normalized spacial score (nSPS) is 17.4. The van der Waals surface area contributed by atoms with Crippen molar-refractivity contribution in [2.75, 3.05) is 18.4 Å². The second-order valence-electron chi connectivity index (χ2n) is 8.08. The molecule has 2 N–H and O–H groups in total. The maximum atomic E-state index is 13.0. The first-order valence-corrected chi connectivity index (χ1v) is 10.7. The van der Waals surface area contributed by atoms with E-state index in [-0.39, 0.29) is 11.8 Å². The number of nitrogens with one attached hydrogen (secondary N) is 2. The molecule has 6 nitrogen and oxygen atoms in total. The average molecular weight is 412 g/mol. The van der Waals surface area contributed by atoms with Crippen LogP contribution in [0.25, 0.3) is 17.0 Å². The zero-order valence-electron chi connectivity index (χ0n) is 17.4. The molecule has 2 amide bonds. The number of H-pyrrole nitrogens is 1. The van der Waals surface area contributed by atoms with Crippen molar-refractivity contribution >= 4 is 23.1 Å². The minimum absolute atomic E-state index is 0.167. The molecule has 1 aliphatic carbocycles. The summed E-state index contributed by atoms with van der Waals surface area (Å²) in [6.45, 7) is 3.20. The standard InChI is InChI=1S/C25H24N4O2/c1-16-6-11-21-22-19(16)4-2-5-20(22)24(30)29(25(21)31)15-3-12-26-18-9-7-17(8-10-18)23-27-13-14-28-23/h2,4-5,7-11,13-14,16,26H,3,6,12,15H2,1H3,(H,27,28). The Bertz CT molecular complexity index is 1160. The van der Waals surface area contributed by atoms with Crippen LogP contribution in [-0.4, -0.2) is 39.8 Å². The van der Waals surface area contributed by atoms with E-state index >= 15 is 0 Å². The van der Waals surface area contributed by atoms with Gasteiger partial charge in [-0.25, -0.2) is 4.98 Å². The Morgan fingerprint density at radius 2 is 1.97 bits per heavy atom. The summed E-state index contributed by atoms with van der Waals surface area (Å²) < 4.78 is 0. The van der Waals surface area contributed by atoms with Crippen LogP contribution in [0.2, 0.25) is 0 Å². The van der Waals surface area contributed by atoms with Gasteiger partial charge in [0.05, 0.1) is 0 Å². The molecule has 0 spiro atoms. The number of imidazole rings is 1. The molecule has 31 heavy (non-hydrogen) atoms. The number of rotatable bonds is 6. The number of carbonyl (C=O) groups is 2. The first-order chi connectivity index (χ1) is 15.1. The lowest BCUT2D eigenvalue weighted by molar-refractivity contribution is -0.122. The molecular formula is C25H24N4O2. The van der Waals surface area contributed by atoms with Crippen molar-refractivity contribution in [3.05, 3.63) is 77.6 Å². The third-order valence-electron chi connectivity index (χ3n) is 6.07. The second kappa shape index (κ2) is 7.87. The second-order valence-corrected chi connectivity index (χ2v) is 8.08. The van der Waals surface area contributed by atoms with Crippen molar-refractivity contribution in [1.29, 1.82) is 0 Å². The van der Waals surface area contributed by atoms with E-state index in [9.17, 15) is 9.59 Å². The van der Waals surface area contributed by atoms with Crippen LogP contribution in [0.1, 0.15) is 47.2 Å². The third-order valence-corrected chi connectivity index (χ3v) is 6.07. The van der Waals surface area contributed by atoms with Crippen molar-refractivity contribution < 1.29 is 9.59 Å². The molecule has 2 aliphatic rings. The Morgan fingerprint density at radius 1 is 1.13 bits per heavy atom. The Morgan fingerprint density at radius 3 is 2.74 bits per heavy atom. The predicted octanol–water partition coefficient (Wildman–Crippen LogP) is 4.45. The van der Waals surface area contributed by atoms with E-state index in [2.05, 4.69) is 22.2 Å². The molecule has 1 atom stereocenters. The van der Waals surface area contributed by atoms with Crippen molar-refractivity contribution in [1.82, 2.24) is 14.9 Å². The van der Waals surface area contributed by atoms with Crippen LogP contribution in [0.3, 0.4) is 0 Å². The smallest absolute Gasteiger partial charge is 0.261 e. The number of anilines is 1. The van der Waals surface area contributed by atoms with Crippen LogP contribution in [0.15, 0.2) is 60.9 Å². The Hall–Kier alpha value is -3.67. The molecule has 0 saturated heterocycles. The highest BCUT2D eigenvalue weighted by atomic mass is 16.2. The van der Waals surface area contributed by atoms with Gasteiger partial charge in [0.1, 0.15) is 5.82 Å². The molecule has 0 radical (unpaired) electrons. The van der Waals surface area contributed by atoms with Crippen molar-refractivity contribution in [2.24, 2.45) is 0 Å². The Kier molecular flexibility index (Phi) is 4.90. The molecule has 2 aromatic carbocycles. The van der Waals surface area contributed by atoms with Crippen molar-refractivity contribution in [3.8, 4) is 11.4 Å². The number of benzene rings is 2. The highest BCUT2D eigenvalue weighted by Crippen LogP contribution is 2.40. The number of hydrogen-bond acceptors (Lipinski definition) is 4. The number of hydrogen-bond donors (Lipinski definition) is 2. The maximum Gasteiger partial charge on any atom is 0.261 e. The average Bonchev–Trinajstić information content (AvgIpc) is 3.33. The number of carbonyl (C=O) groups excluding carboxylic acids is 2. The number of amides is 2. The SMILES string of the molecule is CC1CC=C2C(=O)N(CCCNc3ccc(-c4ncc[nH]4)cc3)C(=O)c3cccc1c32. The first kappa shape index (κ1) is 19.3. The molecule has 1 aliphatic heterocycles. The topological polar surface area (TPSA) is 78.1 Å². The van der Waals surface area contributed by atoms with Gasteiger partial charge in [0, 0.05) is 53.4 Å². The van der Waals surface area contributed by atoms with Gasteiger partial charge in [-0.05, 0) is 54.7 Å². The van der Waals surface area contributed by atoms with E-state index < -0.39 is 0 Å². The summed E-state index contributed by atoms with van der Waals surface area (Å²) in [6, 6.07) is 13.8. The van der Waals surface area contributed by atoms with E-state index in [4.69, 9.17) is 0 Å². The van der Waals surface area contributed by atoms with E-state index in [1.807, 2.05) is 48.5 Å². The lowest BCUT2D eigenvalue weighted by Gasteiger charge is -2.33. The predicted molar refractivity (Wildman–Crippen MR) is 121 cm³/mol. The van der Waals surface area contributed by atoms with Crippen LogP contribution in [-0.2, 0) is 4.79 Å². The largest absolute Gasteiger partial charge is 0.385 e. The highest BCUT2D eigenvalue weighted by Gasteiger charge is 2.37. The molecule has 0 bridgehead atoms. The molecule has 1 unspecified atom stereocenters. The number of nitrogens with zero attached hydrogens (tertiary/aromatic N) is 2. The van der Waals surface area contributed by atoms with E-state index in [1.54, 1.807) is 12.4 Å². The zero-order chi connectivity index (χ0) is 21.4. The van der Waals surface area contributed by atoms with Crippen LogP contribution in [0.4, 0.5) is 5.69 Å². The number of aromatic nitrogens is 2. The monoisotopic (exact) mass is 412 g/mol. The van der Waals surface area contributed by atoms with Gasteiger partial charge in [0.2, 0.25) is 0 Å². The summed E-state index contributed by atoms with van der Waals surface area (Å²) in [6.07, 6.45) is 7.03. The minimum atomic E-state index is -0.184. The Balaban J connectivity index is 1.23. The molecule has 5 rings (SSSR count). The van der Waals surface area contributed by atoms with Gasteiger partial charge in [-0.3, -0.25) is 14.5 Å². The number of imide groups is 1. The van der Waals surface area contributed by atoms with Gasteiger partial charge >= 0.3 is 0 Å². The van der Waals surface area contributed by atoms with Crippen molar-refractivity contribution in [3.63, 3.8) is 0 Å². The summed E-state index contributed by atoms with van der Waals surface area (Å²) in [5.41, 5.74) is 5.30. The lowest BCUT2D eigenvalue weighted by atomic mass is 9.79.